The van der Waals surface area contributed by atoms with Gasteiger partial charge in [0.15, 0.2) is 11.0 Å². The number of thioether (sulfide) groups is 1. The molecule has 0 N–H and O–H groups in total. The van der Waals surface area contributed by atoms with Crippen molar-refractivity contribution in [2.75, 3.05) is 12.4 Å². The average Bonchev–Trinajstić information content (AvgIpc) is 3.30. The molecular formula is C19H24ClN3OS. The molecule has 2 fully saturated rings. The van der Waals surface area contributed by atoms with Crippen molar-refractivity contribution < 1.29 is 4.74 Å². The SMILES string of the molecule is Clc1ccccc1-c1nnc(SC[C@H]2CCCCO2)n1C1CCCC1. The van der Waals surface area contributed by atoms with Gasteiger partial charge in [-0.15, -0.1) is 10.2 Å². The largest absolute Gasteiger partial charge is 0.377 e. The molecule has 134 valence electrons. The predicted molar refractivity (Wildman–Crippen MR) is 102 cm³/mol. The highest BCUT2D eigenvalue weighted by molar-refractivity contribution is 7.99. The fourth-order valence-electron chi connectivity index (χ4n) is 3.80. The second kappa shape index (κ2) is 8.11. The van der Waals surface area contributed by atoms with Gasteiger partial charge in [-0.25, -0.2) is 0 Å². The van der Waals surface area contributed by atoms with Gasteiger partial charge in [-0.05, 0) is 44.2 Å². The monoisotopic (exact) mass is 377 g/mol. The zero-order valence-corrected chi connectivity index (χ0v) is 15.9. The third-order valence-corrected chi connectivity index (χ3v) is 6.55. The lowest BCUT2D eigenvalue weighted by Crippen LogP contribution is -2.21. The first-order valence-electron chi connectivity index (χ1n) is 9.27. The zero-order valence-electron chi connectivity index (χ0n) is 14.4. The fourth-order valence-corrected chi connectivity index (χ4v) is 5.09. The van der Waals surface area contributed by atoms with Crippen molar-refractivity contribution in [3.05, 3.63) is 29.3 Å². The summed E-state index contributed by atoms with van der Waals surface area (Å²) >= 11 is 8.22. The van der Waals surface area contributed by atoms with E-state index in [1.165, 1.54) is 38.5 Å². The Hall–Kier alpha value is -1.04. The van der Waals surface area contributed by atoms with Crippen molar-refractivity contribution >= 4 is 23.4 Å². The van der Waals surface area contributed by atoms with Gasteiger partial charge < -0.3 is 4.74 Å². The second-order valence-electron chi connectivity index (χ2n) is 6.89. The van der Waals surface area contributed by atoms with Gasteiger partial charge in [-0.3, -0.25) is 4.57 Å². The number of halogens is 1. The van der Waals surface area contributed by atoms with Gasteiger partial charge in [0.2, 0.25) is 0 Å². The van der Waals surface area contributed by atoms with Crippen LogP contribution in [-0.2, 0) is 4.74 Å². The molecule has 2 aliphatic rings. The van der Waals surface area contributed by atoms with Crippen LogP contribution in [0.3, 0.4) is 0 Å². The molecule has 2 heterocycles. The number of hydrogen-bond acceptors (Lipinski definition) is 4. The Morgan fingerprint density at radius 2 is 1.88 bits per heavy atom. The molecule has 6 heteroatoms. The summed E-state index contributed by atoms with van der Waals surface area (Å²) in [6, 6.07) is 8.41. The van der Waals surface area contributed by atoms with E-state index in [0.717, 1.165) is 40.3 Å². The molecule has 1 saturated carbocycles. The van der Waals surface area contributed by atoms with Gasteiger partial charge in [0.1, 0.15) is 0 Å². The van der Waals surface area contributed by atoms with Crippen molar-refractivity contribution in [1.29, 1.82) is 0 Å². The van der Waals surface area contributed by atoms with E-state index in [4.69, 9.17) is 16.3 Å². The molecule has 1 saturated heterocycles. The van der Waals surface area contributed by atoms with E-state index < -0.39 is 0 Å². The van der Waals surface area contributed by atoms with Crippen LogP contribution in [0.5, 0.6) is 0 Å². The van der Waals surface area contributed by atoms with Crippen LogP contribution in [0.15, 0.2) is 29.4 Å². The smallest absolute Gasteiger partial charge is 0.191 e. The summed E-state index contributed by atoms with van der Waals surface area (Å²) in [6.45, 7) is 0.894. The summed E-state index contributed by atoms with van der Waals surface area (Å²) in [5, 5.41) is 10.8. The van der Waals surface area contributed by atoms with Gasteiger partial charge in [-0.2, -0.15) is 0 Å². The Bertz CT molecular complexity index is 708. The molecule has 1 aliphatic carbocycles. The summed E-state index contributed by atoms with van der Waals surface area (Å²) < 4.78 is 8.21. The zero-order chi connectivity index (χ0) is 17.1. The maximum atomic E-state index is 6.44. The number of benzene rings is 1. The normalized spacial score (nSPS) is 21.7. The van der Waals surface area contributed by atoms with Crippen LogP contribution >= 0.6 is 23.4 Å². The number of nitrogens with zero attached hydrogens (tertiary/aromatic N) is 3. The first-order valence-corrected chi connectivity index (χ1v) is 10.6. The molecule has 1 aromatic carbocycles. The number of hydrogen-bond donors (Lipinski definition) is 0. The van der Waals surface area contributed by atoms with Crippen molar-refractivity contribution in [1.82, 2.24) is 14.8 Å². The van der Waals surface area contributed by atoms with Gasteiger partial charge in [0, 0.05) is 24.0 Å². The van der Waals surface area contributed by atoms with Crippen LogP contribution in [0.2, 0.25) is 5.02 Å². The first-order chi connectivity index (χ1) is 12.3. The van der Waals surface area contributed by atoms with Crippen LogP contribution in [0.1, 0.15) is 51.0 Å². The van der Waals surface area contributed by atoms with E-state index in [2.05, 4.69) is 14.8 Å². The standard InChI is InChI=1S/C19H24ClN3OS/c20-17-11-4-3-10-16(17)18-21-22-19(23(18)14-7-1-2-8-14)25-13-15-9-5-6-12-24-15/h3-4,10-11,14-15H,1-2,5-9,12-13H2/t15-/m1/s1. The summed E-state index contributed by atoms with van der Waals surface area (Å²) in [5.74, 6) is 1.86. The Morgan fingerprint density at radius 3 is 2.64 bits per heavy atom. The highest BCUT2D eigenvalue weighted by Gasteiger charge is 2.26. The lowest BCUT2D eigenvalue weighted by Gasteiger charge is -2.22. The molecule has 2 aromatic rings. The number of aromatic nitrogens is 3. The Balaban J connectivity index is 1.61. The first kappa shape index (κ1) is 17.4. The summed E-state index contributed by atoms with van der Waals surface area (Å²) in [5.41, 5.74) is 0.976. The Morgan fingerprint density at radius 1 is 1.08 bits per heavy atom. The summed E-state index contributed by atoms with van der Waals surface area (Å²) in [4.78, 5) is 0. The minimum absolute atomic E-state index is 0.344. The molecule has 0 unspecified atom stereocenters. The Kier molecular flexibility index (Phi) is 5.63. The molecule has 4 rings (SSSR count). The van der Waals surface area contributed by atoms with Crippen LogP contribution in [-0.4, -0.2) is 33.2 Å². The molecule has 4 nitrogen and oxygen atoms in total. The van der Waals surface area contributed by atoms with E-state index in [-0.39, 0.29) is 0 Å². The van der Waals surface area contributed by atoms with Gasteiger partial charge in [0.05, 0.1) is 11.1 Å². The maximum Gasteiger partial charge on any atom is 0.191 e. The number of rotatable bonds is 5. The topological polar surface area (TPSA) is 39.9 Å². The van der Waals surface area contributed by atoms with Crippen LogP contribution in [0.25, 0.3) is 11.4 Å². The lowest BCUT2D eigenvalue weighted by atomic mass is 10.1. The molecule has 25 heavy (non-hydrogen) atoms. The summed E-state index contributed by atoms with van der Waals surface area (Å²) in [7, 11) is 0. The fraction of sp³-hybridized carbons (Fsp3) is 0.579. The van der Waals surface area contributed by atoms with Gasteiger partial charge in [-0.1, -0.05) is 48.3 Å². The van der Waals surface area contributed by atoms with E-state index in [1.54, 1.807) is 11.8 Å². The van der Waals surface area contributed by atoms with Crippen molar-refractivity contribution in [2.24, 2.45) is 0 Å². The third kappa shape index (κ3) is 3.88. The van der Waals surface area contributed by atoms with E-state index in [9.17, 15) is 0 Å². The quantitative estimate of drug-likeness (QED) is 0.656. The van der Waals surface area contributed by atoms with Crippen LogP contribution < -0.4 is 0 Å². The lowest BCUT2D eigenvalue weighted by molar-refractivity contribution is 0.0315. The molecule has 1 aromatic heterocycles. The van der Waals surface area contributed by atoms with Crippen molar-refractivity contribution in [3.8, 4) is 11.4 Å². The molecular weight excluding hydrogens is 354 g/mol. The van der Waals surface area contributed by atoms with E-state index in [0.29, 0.717) is 12.1 Å². The van der Waals surface area contributed by atoms with Gasteiger partial charge in [0.25, 0.3) is 0 Å². The van der Waals surface area contributed by atoms with E-state index >= 15 is 0 Å². The predicted octanol–water partition coefficient (Wildman–Crippen LogP) is 5.37. The number of ether oxygens (including phenoxy) is 1. The molecule has 0 radical (unpaired) electrons. The molecule has 1 atom stereocenters. The van der Waals surface area contributed by atoms with Crippen LogP contribution in [0.4, 0.5) is 0 Å². The minimum atomic E-state index is 0.344. The van der Waals surface area contributed by atoms with Crippen molar-refractivity contribution in [3.63, 3.8) is 0 Å². The molecule has 0 bridgehead atoms. The second-order valence-corrected chi connectivity index (χ2v) is 8.29. The van der Waals surface area contributed by atoms with Gasteiger partial charge >= 0.3 is 0 Å². The minimum Gasteiger partial charge on any atom is -0.377 e. The molecule has 0 amide bonds. The van der Waals surface area contributed by atoms with Crippen LogP contribution in [0, 0.1) is 0 Å². The highest BCUT2D eigenvalue weighted by Crippen LogP contribution is 2.38. The maximum absolute atomic E-state index is 6.44. The molecule has 1 aliphatic heterocycles. The average molecular weight is 378 g/mol. The molecule has 0 spiro atoms. The summed E-state index contributed by atoms with van der Waals surface area (Å²) in [6.07, 6.45) is 8.91. The van der Waals surface area contributed by atoms with E-state index in [1.807, 2.05) is 24.3 Å². The highest BCUT2D eigenvalue weighted by atomic mass is 35.5. The third-order valence-electron chi connectivity index (χ3n) is 5.14. The van der Waals surface area contributed by atoms with Crippen molar-refractivity contribution in [2.45, 2.75) is 62.2 Å². The Labute approximate surface area is 158 Å².